The summed E-state index contributed by atoms with van der Waals surface area (Å²) in [6, 6.07) is 58.4. The van der Waals surface area contributed by atoms with E-state index in [0.29, 0.717) is 25.6 Å². The van der Waals surface area contributed by atoms with Crippen LogP contribution in [0.4, 0.5) is 0 Å². The predicted molar refractivity (Wildman–Crippen MR) is 257 cm³/mol. The summed E-state index contributed by atoms with van der Waals surface area (Å²) >= 11 is 2.32. The highest BCUT2D eigenvalue weighted by atomic mass is 127. The molecule has 0 saturated carbocycles. The lowest BCUT2D eigenvalue weighted by molar-refractivity contribution is -0.150. The number of hydrogen-bond donors (Lipinski definition) is 4. The molecule has 0 spiro atoms. The molecule has 2 heterocycles. The van der Waals surface area contributed by atoms with Gasteiger partial charge in [-0.1, -0.05) is 178 Å². The zero-order valence-electron chi connectivity index (χ0n) is 36.3. The van der Waals surface area contributed by atoms with Crippen LogP contribution < -0.4 is 21.3 Å². The summed E-state index contributed by atoms with van der Waals surface area (Å²) < 4.78 is 17.7. The third kappa shape index (κ3) is 10.5. The van der Waals surface area contributed by atoms with E-state index < -0.39 is 29.4 Å². The van der Waals surface area contributed by atoms with Gasteiger partial charge in [0.25, 0.3) is 0 Å². The molecule has 330 valence electrons. The average molecular weight is 971 g/mol. The van der Waals surface area contributed by atoms with E-state index in [1.807, 2.05) is 91.0 Å². The van der Waals surface area contributed by atoms with Crippen LogP contribution in [-0.2, 0) is 39.7 Å². The van der Waals surface area contributed by atoms with Crippen molar-refractivity contribution < 1.29 is 28.6 Å². The standard InChI is InChI=1S/C27H28N2O4.C26H27IN2O2/c1-32-23(30)18-11-19-33-26-24(25(31)28-26)29-27(20-12-5-2-6-13-20,21-14-7-3-8-15-21)22-16-9-4-10-17-22;1-18(2)17-31-25-23(24(30)28-25)29-26(19-9-5-3-6-10-19,20-11-7-4-8-12-20)21-13-15-22(27)16-14-21/h2-10,12-17,24,26,29H,11,18-19H2,1H3,(H,28,31);3-16,18,23,25,29H,17H2,1-2H3,(H,28,30)/t24-,26+;23-,25-/m11/s1. The van der Waals surface area contributed by atoms with E-state index in [2.05, 4.69) is 147 Å². The van der Waals surface area contributed by atoms with Crippen molar-refractivity contribution in [2.45, 2.75) is 62.3 Å². The number of β-lactam (4-membered cyclic amide) rings is 2. The Bertz CT molecular complexity index is 2270. The fraction of sp³-hybridized carbons (Fsp3) is 0.264. The van der Waals surface area contributed by atoms with Gasteiger partial charge < -0.3 is 24.8 Å². The van der Waals surface area contributed by atoms with Crippen LogP contribution in [0.2, 0.25) is 0 Å². The first-order chi connectivity index (χ1) is 31.1. The number of ether oxygens (including phenoxy) is 3. The molecule has 2 amide bonds. The van der Waals surface area contributed by atoms with Gasteiger partial charge >= 0.3 is 5.97 Å². The van der Waals surface area contributed by atoms with E-state index in [1.165, 1.54) is 7.11 Å². The molecule has 0 radical (unpaired) electrons. The van der Waals surface area contributed by atoms with Crippen molar-refractivity contribution in [3.05, 3.63) is 213 Å². The summed E-state index contributed by atoms with van der Waals surface area (Å²) in [5, 5.41) is 13.1. The Kier molecular flexibility index (Phi) is 15.8. The minimum atomic E-state index is -0.764. The summed E-state index contributed by atoms with van der Waals surface area (Å²) in [6.07, 6.45) is -0.0549. The van der Waals surface area contributed by atoms with Crippen LogP contribution in [0.25, 0.3) is 0 Å². The van der Waals surface area contributed by atoms with Crippen molar-refractivity contribution in [1.82, 2.24) is 21.3 Å². The van der Waals surface area contributed by atoms with Gasteiger partial charge in [0.2, 0.25) is 11.8 Å². The van der Waals surface area contributed by atoms with Crippen molar-refractivity contribution in [2.24, 2.45) is 5.92 Å². The third-order valence-electron chi connectivity index (χ3n) is 11.5. The maximum absolute atomic E-state index is 12.7. The smallest absolute Gasteiger partial charge is 0.305 e. The van der Waals surface area contributed by atoms with Gasteiger partial charge in [-0.2, -0.15) is 0 Å². The van der Waals surface area contributed by atoms with Gasteiger partial charge in [-0.3, -0.25) is 25.0 Å². The first kappa shape index (κ1) is 46.3. The lowest BCUT2D eigenvalue weighted by Gasteiger charge is -2.45. The van der Waals surface area contributed by atoms with Crippen LogP contribution in [0, 0.1) is 9.49 Å². The molecule has 0 aromatic heterocycles. The number of amides is 2. The fourth-order valence-electron chi connectivity index (χ4n) is 8.20. The number of nitrogens with one attached hydrogen (secondary N) is 4. The number of benzene rings is 6. The van der Waals surface area contributed by atoms with Gasteiger partial charge in [-0.15, -0.1) is 0 Å². The first-order valence-corrected chi connectivity index (χ1v) is 22.7. The van der Waals surface area contributed by atoms with E-state index in [0.717, 1.165) is 37.0 Å². The maximum Gasteiger partial charge on any atom is 0.305 e. The zero-order valence-corrected chi connectivity index (χ0v) is 38.4. The van der Waals surface area contributed by atoms with Crippen molar-refractivity contribution in [3.63, 3.8) is 0 Å². The van der Waals surface area contributed by atoms with Crippen LogP contribution >= 0.6 is 22.6 Å². The van der Waals surface area contributed by atoms with E-state index in [4.69, 9.17) is 9.47 Å². The van der Waals surface area contributed by atoms with Gasteiger partial charge in [0.05, 0.1) is 24.8 Å². The molecule has 2 aliphatic rings. The molecule has 64 heavy (non-hydrogen) atoms. The highest BCUT2D eigenvalue weighted by molar-refractivity contribution is 14.1. The van der Waals surface area contributed by atoms with Crippen molar-refractivity contribution in [2.75, 3.05) is 20.3 Å². The van der Waals surface area contributed by atoms with Gasteiger partial charge in [-0.05, 0) is 80.4 Å². The topological polar surface area (TPSA) is 127 Å². The highest BCUT2D eigenvalue weighted by Gasteiger charge is 2.49. The molecular weight excluding hydrogens is 916 g/mol. The molecule has 2 fully saturated rings. The van der Waals surface area contributed by atoms with Crippen molar-refractivity contribution in [1.29, 1.82) is 0 Å². The van der Waals surface area contributed by atoms with Crippen LogP contribution in [-0.4, -0.2) is 62.6 Å². The van der Waals surface area contributed by atoms with Crippen LogP contribution in [0.5, 0.6) is 0 Å². The molecule has 2 aliphatic heterocycles. The van der Waals surface area contributed by atoms with Crippen molar-refractivity contribution in [3.8, 4) is 0 Å². The molecular formula is C53H55IN4O6. The molecule has 4 N–H and O–H groups in total. The van der Waals surface area contributed by atoms with Crippen LogP contribution in [0.15, 0.2) is 176 Å². The number of esters is 1. The molecule has 6 aromatic carbocycles. The number of carbonyl (C=O) groups is 3. The Morgan fingerprint density at radius 2 is 0.906 bits per heavy atom. The number of methoxy groups -OCH3 is 1. The van der Waals surface area contributed by atoms with Crippen LogP contribution in [0.3, 0.4) is 0 Å². The molecule has 4 atom stereocenters. The van der Waals surface area contributed by atoms with E-state index in [9.17, 15) is 14.4 Å². The largest absolute Gasteiger partial charge is 0.469 e. The van der Waals surface area contributed by atoms with Crippen molar-refractivity contribution >= 4 is 40.4 Å². The molecule has 0 unspecified atom stereocenters. The minimum absolute atomic E-state index is 0.0458. The van der Waals surface area contributed by atoms with E-state index in [1.54, 1.807) is 0 Å². The van der Waals surface area contributed by atoms with Gasteiger partial charge in [0.15, 0.2) is 12.5 Å². The van der Waals surface area contributed by atoms with Crippen LogP contribution in [0.1, 0.15) is 60.1 Å². The molecule has 0 bridgehead atoms. The Balaban J connectivity index is 0.000000192. The number of halogens is 1. The number of hydrogen-bond acceptors (Lipinski definition) is 8. The zero-order chi connectivity index (χ0) is 44.9. The Morgan fingerprint density at radius 3 is 1.23 bits per heavy atom. The predicted octanol–water partition coefficient (Wildman–Crippen LogP) is 8.03. The summed E-state index contributed by atoms with van der Waals surface area (Å²) in [5.74, 6) is -0.0554. The lowest BCUT2D eigenvalue weighted by Crippen LogP contribution is -2.72. The van der Waals surface area contributed by atoms with E-state index >= 15 is 0 Å². The Morgan fingerprint density at radius 1 is 0.562 bits per heavy atom. The first-order valence-electron chi connectivity index (χ1n) is 21.7. The molecule has 11 heteroatoms. The summed E-state index contributed by atoms with van der Waals surface area (Å²) in [6.45, 7) is 5.14. The quantitative estimate of drug-likeness (QED) is 0.0225. The highest BCUT2D eigenvalue weighted by Crippen LogP contribution is 2.40. The monoisotopic (exact) mass is 970 g/mol. The molecule has 6 aromatic rings. The molecule has 10 nitrogen and oxygen atoms in total. The second-order valence-corrected chi connectivity index (χ2v) is 17.5. The van der Waals surface area contributed by atoms with Gasteiger partial charge in [0, 0.05) is 16.6 Å². The molecule has 0 aliphatic carbocycles. The number of carbonyl (C=O) groups excluding carboxylic acids is 3. The Labute approximate surface area is 389 Å². The Hall–Kier alpha value is -5.70. The molecule has 8 rings (SSSR count). The normalized spacial score (nSPS) is 18.1. The summed E-state index contributed by atoms with van der Waals surface area (Å²) in [4.78, 5) is 36.7. The maximum atomic E-state index is 12.7. The third-order valence-corrected chi connectivity index (χ3v) is 12.2. The fourth-order valence-corrected chi connectivity index (χ4v) is 8.56. The SMILES string of the molecule is CC(C)CO[C@H]1NC(=O)[C@H]1NC(c1ccccc1)(c1ccccc1)c1ccc(I)cc1.COC(=O)CCCO[C@@H]1NC(=O)[C@H]1NC(c1ccccc1)(c1ccccc1)c1ccccc1. The van der Waals surface area contributed by atoms with Gasteiger partial charge in [0.1, 0.15) is 12.1 Å². The van der Waals surface area contributed by atoms with E-state index in [-0.39, 0.29) is 30.4 Å². The molecule has 2 saturated heterocycles. The minimum Gasteiger partial charge on any atom is -0.469 e. The lowest BCUT2D eigenvalue weighted by atomic mass is 9.76. The second-order valence-electron chi connectivity index (χ2n) is 16.2. The van der Waals surface area contributed by atoms with Gasteiger partial charge in [-0.25, -0.2) is 0 Å². The average Bonchev–Trinajstić information content (AvgIpc) is 3.34. The second kappa shape index (κ2) is 21.8. The summed E-state index contributed by atoms with van der Waals surface area (Å²) in [7, 11) is 1.37. The number of rotatable bonds is 18. The summed E-state index contributed by atoms with van der Waals surface area (Å²) in [5.41, 5.74) is 4.82.